The maximum atomic E-state index is 12.6. The molecule has 1 saturated heterocycles. The third-order valence-electron chi connectivity index (χ3n) is 4.25. The first-order valence-corrected chi connectivity index (χ1v) is 8.97. The molecule has 3 N–H and O–H groups in total. The Bertz CT molecular complexity index is 720. The second-order valence-corrected chi connectivity index (χ2v) is 7.36. The number of nitrogens with zero attached hydrogens (tertiary/aromatic N) is 2. The van der Waals surface area contributed by atoms with Gasteiger partial charge in [0.1, 0.15) is 5.01 Å². The predicted octanol–water partition coefficient (Wildman–Crippen LogP) is 2.90. The number of rotatable bonds is 5. The minimum Gasteiger partial charge on any atom is -0.381 e. The van der Waals surface area contributed by atoms with Crippen molar-refractivity contribution in [2.75, 3.05) is 25.1 Å². The van der Waals surface area contributed by atoms with Gasteiger partial charge in [0.15, 0.2) is 0 Å². The van der Waals surface area contributed by atoms with Gasteiger partial charge < -0.3 is 10.5 Å². The fourth-order valence-electron chi connectivity index (χ4n) is 2.71. The lowest BCUT2D eigenvalue weighted by Gasteiger charge is -2.34. The molecule has 1 amide bonds. The molecule has 2 aromatic rings. The molecule has 0 aliphatic carbocycles. The number of aromatic nitrogens is 2. The molecule has 1 aliphatic heterocycles. The molecule has 0 spiro atoms. The summed E-state index contributed by atoms with van der Waals surface area (Å²) in [6.07, 6.45) is 1.89. The zero-order valence-electron chi connectivity index (χ0n) is 13.5. The van der Waals surface area contributed by atoms with Gasteiger partial charge in [-0.15, -0.1) is 22.6 Å². The summed E-state index contributed by atoms with van der Waals surface area (Å²) in [4.78, 5) is 12.6. The summed E-state index contributed by atoms with van der Waals surface area (Å²) in [6, 6.07) is 7.61. The minimum atomic E-state index is -0.572. The molecule has 0 radical (unpaired) electrons. The molecule has 1 aromatic heterocycles. The van der Waals surface area contributed by atoms with Crippen LogP contribution in [-0.2, 0) is 16.0 Å². The van der Waals surface area contributed by atoms with Gasteiger partial charge >= 0.3 is 0 Å². The van der Waals surface area contributed by atoms with Crippen LogP contribution in [0.5, 0.6) is 0 Å². The maximum absolute atomic E-state index is 12.6. The molecule has 1 aliphatic rings. The number of hydrogen-bond donors (Lipinski definition) is 2. The molecule has 0 unspecified atom stereocenters. The molecular weight excluding hydrogens is 383 g/mol. The van der Waals surface area contributed by atoms with E-state index in [1.807, 2.05) is 24.3 Å². The zero-order valence-corrected chi connectivity index (χ0v) is 15.9. The number of anilines is 1. The van der Waals surface area contributed by atoms with E-state index in [1.165, 1.54) is 11.3 Å². The number of halogens is 2. The molecule has 136 valence electrons. The summed E-state index contributed by atoms with van der Waals surface area (Å²) in [5.74, 6) is -0.0984. The number of hydrogen-bond acceptors (Lipinski definition) is 6. The lowest BCUT2D eigenvalue weighted by Crippen LogP contribution is -2.46. The average molecular weight is 403 g/mol. The third-order valence-corrected chi connectivity index (χ3v) is 5.33. The van der Waals surface area contributed by atoms with E-state index >= 15 is 0 Å². The molecule has 25 heavy (non-hydrogen) atoms. The highest BCUT2D eigenvalue weighted by Crippen LogP contribution is 2.31. The van der Waals surface area contributed by atoms with E-state index in [0.29, 0.717) is 49.2 Å². The van der Waals surface area contributed by atoms with Crippen molar-refractivity contribution in [3.05, 3.63) is 39.9 Å². The number of carbonyl (C=O) groups excluding carboxylic acids is 1. The second kappa shape index (κ2) is 8.91. The Hall–Kier alpha value is -1.25. The van der Waals surface area contributed by atoms with Crippen molar-refractivity contribution >= 4 is 46.4 Å². The van der Waals surface area contributed by atoms with Gasteiger partial charge in [0.05, 0.1) is 5.41 Å². The highest BCUT2D eigenvalue weighted by molar-refractivity contribution is 7.15. The molecule has 3 rings (SSSR count). The molecule has 1 aromatic carbocycles. The maximum Gasteiger partial charge on any atom is 0.233 e. The van der Waals surface area contributed by atoms with Crippen LogP contribution < -0.4 is 11.1 Å². The van der Waals surface area contributed by atoms with Crippen LogP contribution in [0.4, 0.5) is 5.13 Å². The Kier molecular flexibility index (Phi) is 7.15. The monoisotopic (exact) mass is 402 g/mol. The zero-order chi connectivity index (χ0) is 17.0. The number of benzene rings is 1. The Labute approximate surface area is 161 Å². The van der Waals surface area contributed by atoms with Crippen molar-refractivity contribution in [1.82, 2.24) is 10.2 Å². The number of amides is 1. The highest BCUT2D eigenvalue weighted by Gasteiger charge is 2.39. The standard InChI is InChI=1S/C16H19ClN4O2S.ClH/c17-12-3-1-2-11(8-12)9-13-20-21-15(24-13)19-14(22)16(10-18)4-6-23-7-5-16;/h1-3,8H,4-7,9-10,18H2,(H,19,21,22);1H. The number of nitrogens with two attached hydrogens (primary N) is 1. The van der Waals surface area contributed by atoms with Gasteiger partial charge in [-0.3, -0.25) is 10.1 Å². The minimum absolute atomic E-state index is 0. The topological polar surface area (TPSA) is 90.1 Å². The molecule has 9 heteroatoms. The van der Waals surface area contributed by atoms with Crippen molar-refractivity contribution in [3.8, 4) is 0 Å². The van der Waals surface area contributed by atoms with E-state index in [1.54, 1.807) is 0 Å². The van der Waals surface area contributed by atoms with Gasteiger partial charge in [0, 0.05) is 31.2 Å². The van der Waals surface area contributed by atoms with Crippen molar-refractivity contribution in [2.45, 2.75) is 19.3 Å². The highest BCUT2D eigenvalue weighted by atomic mass is 35.5. The lowest BCUT2D eigenvalue weighted by molar-refractivity contribution is -0.130. The molecule has 0 saturated carbocycles. The predicted molar refractivity (Wildman–Crippen MR) is 102 cm³/mol. The van der Waals surface area contributed by atoms with Crippen LogP contribution in [-0.4, -0.2) is 35.9 Å². The van der Waals surface area contributed by atoms with E-state index in [0.717, 1.165) is 10.6 Å². The molecule has 1 fully saturated rings. The molecule has 2 heterocycles. The smallest absolute Gasteiger partial charge is 0.233 e. The Morgan fingerprint density at radius 3 is 2.80 bits per heavy atom. The van der Waals surface area contributed by atoms with Gasteiger partial charge in [0.25, 0.3) is 0 Å². The SMILES string of the molecule is Cl.NCC1(C(=O)Nc2nnc(Cc3cccc(Cl)c3)s2)CCOCC1. The summed E-state index contributed by atoms with van der Waals surface area (Å²) in [6.45, 7) is 1.41. The number of carbonyl (C=O) groups is 1. The van der Waals surface area contributed by atoms with Gasteiger partial charge in [-0.05, 0) is 30.5 Å². The fraction of sp³-hybridized carbons (Fsp3) is 0.438. The summed E-state index contributed by atoms with van der Waals surface area (Å²) in [5.41, 5.74) is 6.34. The lowest BCUT2D eigenvalue weighted by atomic mass is 9.79. The first-order chi connectivity index (χ1) is 11.6. The summed E-state index contributed by atoms with van der Waals surface area (Å²) in [5, 5.41) is 13.1. The Morgan fingerprint density at radius 2 is 2.12 bits per heavy atom. The van der Waals surface area contributed by atoms with Crippen LogP contribution in [0.25, 0.3) is 0 Å². The van der Waals surface area contributed by atoms with Crippen LogP contribution in [0.15, 0.2) is 24.3 Å². The van der Waals surface area contributed by atoms with Crippen molar-refractivity contribution in [1.29, 1.82) is 0 Å². The summed E-state index contributed by atoms with van der Waals surface area (Å²) >= 11 is 7.36. The Balaban J connectivity index is 0.00000225. The van der Waals surface area contributed by atoms with Crippen LogP contribution in [0.3, 0.4) is 0 Å². The second-order valence-electron chi connectivity index (χ2n) is 5.86. The summed E-state index contributed by atoms with van der Waals surface area (Å²) in [7, 11) is 0. The molecule has 0 bridgehead atoms. The van der Waals surface area contributed by atoms with E-state index < -0.39 is 5.41 Å². The first-order valence-electron chi connectivity index (χ1n) is 7.77. The molecule has 0 atom stereocenters. The van der Waals surface area contributed by atoms with Gasteiger partial charge in [-0.1, -0.05) is 35.1 Å². The van der Waals surface area contributed by atoms with Crippen LogP contribution in [0.1, 0.15) is 23.4 Å². The first kappa shape index (κ1) is 20.1. The van der Waals surface area contributed by atoms with E-state index in [2.05, 4.69) is 15.5 Å². The van der Waals surface area contributed by atoms with Crippen molar-refractivity contribution in [2.24, 2.45) is 11.1 Å². The molecule has 6 nitrogen and oxygen atoms in total. The van der Waals surface area contributed by atoms with E-state index in [9.17, 15) is 4.79 Å². The number of nitrogens with one attached hydrogen (secondary N) is 1. The average Bonchev–Trinajstić information content (AvgIpc) is 3.02. The van der Waals surface area contributed by atoms with Crippen LogP contribution >= 0.6 is 35.3 Å². The van der Waals surface area contributed by atoms with Gasteiger partial charge in [0.2, 0.25) is 11.0 Å². The Morgan fingerprint density at radius 1 is 1.36 bits per heavy atom. The van der Waals surface area contributed by atoms with Crippen molar-refractivity contribution in [3.63, 3.8) is 0 Å². The number of ether oxygens (including phenoxy) is 1. The summed E-state index contributed by atoms with van der Waals surface area (Å²) < 4.78 is 5.34. The fourth-order valence-corrected chi connectivity index (χ4v) is 3.69. The van der Waals surface area contributed by atoms with E-state index in [-0.39, 0.29) is 18.3 Å². The molecular formula is C16H20Cl2N4O2S. The van der Waals surface area contributed by atoms with Crippen LogP contribution in [0.2, 0.25) is 5.02 Å². The normalized spacial score (nSPS) is 16.1. The quantitative estimate of drug-likeness (QED) is 0.801. The largest absolute Gasteiger partial charge is 0.381 e. The van der Waals surface area contributed by atoms with Crippen LogP contribution in [0, 0.1) is 5.41 Å². The third kappa shape index (κ3) is 4.89. The van der Waals surface area contributed by atoms with Crippen molar-refractivity contribution < 1.29 is 9.53 Å². The van der Waals surface area contributed by atoms with E-state index in [4.69, 9.17) is 22.1 Å². The van der Waals surface area contributed by atoms with Gasteiger partial charge in [-0.2, -0.15) is 0 Å². The van der Waals surface area contributed by atoms with Gasteiger partial charge in [-0.25, -0.2) is 0 Å².